The minimum Gasteiger partial charge on any atom is -0.481 e. The van der Waals surface area contributed by atoms with Crippen LogP contribution in [0.25, 0.3) is 0 Å². The maximum Gasteiger partial charge on any atom is 0.265 e. The van der Waals surface area contributed by atoms with Crippen LogP contribution in [0, 0.1) is 0 Å². The van der Waals surface area contributed by atoms with Crippen molar-refractivity contribution in [1.82, 2.24) is 0 Å². The number of ether oxygens (including phenoxy) is 2. The van der Waals surface area contributed by atoms with E-state index in [1.54, 1.807) is 11.8 Å². The molecule has 6 nitrogen and oxygen atoms in total. The molecule has 0 spiro atoms. The molecule has 0 saturated heterocycles. The Morgan fingerprint density at radius 2 is 1.96 bits per heavy atom. The van der Waals surface area contributed by atoms with E-state index in [-0.39, 0.29) is 18.4 Å². The van der Waals surface area contributed by atoms with Gasteiger partial charge in [0.2, 0.25) is 0 Å². The lowest BCUT2D eigenvalue weighted by Gasteiger charge is -2.30. The summed E-state index contributed by atoms with van der Waals surface area (Å²) in [6.45, 7) is 2.40. The number of nitrogens with zero attached hydrogens (tertiary/aromatic N) is 1. The first-order valence-corrected chi connectivity index (χ1v) is 9.03. The van der Waals surface area contributed by atoms with Gasteiger partial charge in [-0.1, -0.05) is 24.3 Å². The highest BCUT2D eigenvalue weighted by atomic mass is 16.5. The van der Waals surface area contributed by atoms with Crippen LogP contribution in [-0.4, -0.2) is 38.2 Å². The molecule has 2 aromatic carbocycles. The largest absolute Gasteiger partial charge is 0.481 e. The first-order valence-electron chi connectivity index (χ1n) is 9.03. The lowest BCUT2D eigenvalue weighted by atomic mass is 10.0. The summed E-state index contributed by atoms with van der Waals surface area (Å²) in [6, 6.07) is 14.9. The molecular formula is C21H24N2O4. The Bertz CT molecular complexity index is 807. The van der Waals surface area contributed by atoms with Crippen LogP contribution < -0.4 is 15.0 Å². The van der Waals surface area contributed by atoms with Gasteiger partial charge in [0.05, 0.1) is 0 Å². The third kappa shape index (κ3) is 4.65. The van der Waals surface area contributed by atoms with E-state index in [2.05, 4.69) is 5.32 Å². The van der Waals surface area contributed by atoms with Gasteiger partial charge in [0.15, 0.2) is 6.10 Å². The smallest absolute Gasteiger partial charge is 0.265 e. The normalized spacial score (nSPS) is 14.2. The van der Waals surface area contributed by atoms with E-state index in [4.69, 9.17) is 9.47 Å². The zero-order valence-corrected chi connectivity index (χ0v) is 15.6. The zero-order valence-electron chi connectivity index (χ0n) is 15.6. The Morgan fingerprint density at radius 3 is 2.70 bits per heavy atom. The minimum absolute atomic E-state index is 0.0397. The number of rotatable bonds is 6. The summed E-state index contributed by atoms with van der Waals surface area (Å²) in [5.74, 6) is 0.314. The Hall–Kier alpha value is -2.86. The number of anilines is 2. The van der Waals surface area contributed by atoms with Crippen molar-refractivity contribution in [3.8, 4) is 5.75 Å². The van der Waals surface area contributed by atoms with Gasteiger partial charge < -0.3 is 19.7 Å². The van der Waals surface area contributed by atoms with Crippen molar-refractivity contribution in [1.29, 1.82) is 0 Å². The second-order valence-corrected chi connectivity index (χ2v) is 6.49. The molecule has 1 atom stereocenters. The van der Waals surface area contributed by atoms with Gasteiger partial charge in [0.1, 0.15) is 12.4 Å². The van der Waals surface area contributed by atoms with Crippen molar-refractivity contribution in [2.45, 2.75) is 25.9 Å². The molecule has 142 valence electrons. The van der Waals surface area contributed by atoms with E-state index in [0.717, 1.165) is 24.1 Å². The number of hydrogen-bond donors (Lipinski definition) is 1. The SMILES string of the molecule is COCC(=O)N1CCCc2ccc(NC(=O)C(C)Oc3ccccc3)cc21. The van der Waals surface area contributed by atoms with Crippen molar-refractivity contribution in [2.75, 3.05) is 30.5 Å². The molecule has 1 aliphatic rings. The van der Waals surface area contributed by atoms with Gasteiger partial charge >= 0.3 is 0 Å². The highest BCUT2D eigenvalue weighted by Crippen LogP contribution is 2.30. The molecule has 2 aromatic rings. The second-order valence-electron chi connectivity index (χ2n) is 6.49. The molecule has 0 bridgehead atoms. The lowest BCUT2D eigenvalue weighted by Crippen LogP contribution is -2.38. The van der Waals surface area contributed by atoms with E-state index in [0.29, 0.717) is 18.0 Å². The Balaban J connectivity index is 1.71. The van der Waals surface area contributed by atoms with Gasteiger partial charge in [-0.15, -0.1) is 0 Å². The number of methoxy groups -OCH3 is 1. The first-order chi connectivity index (χ1) is 13.1. The number of carbonyl (C=O) groups is 2. The molecule has 1 unspecified atom stereocenters. The molecule has 3 rings (SSSR count). The van der Waals surface area contributed by atoms with Crippen LogP contribution in [0.2, 0.25) is 0 Å². The number of fused-ring (bicyclic) bond motifs is 1. The van der Waals surface area contributed by atoms with Gasteiger partial charge in [0, 0.05) is 25.0 Å². The Labute approximate surface area is 159 Å². The predicted molar refractivity (Wildman–Crippen MR) is 104 cm³/mol. The highest BCUT2D eigenvalue weighted by Gasteiger charge is 2.23. The molecule has 1 heterocycles. The van der Waals surface area contributed by atoms with Crippen molar-refractivity contribution in [3.05, 3.63) is 54.1 Å². The number of para-hydroxylation sites is 1. The number of hydrogen-bond acceptors (Lipinski definition) is 4. The van der Waals surface area contributed by atoms with Crippen molar-refractivity contribution >= 4 is 23.2 Å². The molecule has 0 saturated carbocycles. The maximum absolute atomic E-state index is 12.5. The van der Waals surface area contributed by atoms with Gasteiger partial charge in [0.25, 0.3) is 11.8 Å². The fraction of sp³-hybridized carbons (Fsp3) is 0.333. The lowest BCUT2D eigenvalue weighted by molar-refractivity contribution is -0.122. The van der Waals surface area contributed by atoms with E-state index >= 15 is 0 Å². The molecule has 0 aliphatic carbocycles. The third-order valence-corrected chi connectivity index (χ3v) is 4.47. The minimum atomic E-state index is -0.644. The maximum atomic E-state index is 12.5. The van der Waals surface area contributed by atoms with Crippen LogP contribution in [0.4, 0.5) is 11.4 Å². The van der Waals surface area contributed by atoms with Crippen LogP contribution in [0.15, 0.2) is 48.5 Å². The van der Waals surface area contributed by atoms with Gasteiger partial charge in [-0.2, -0.15) is 0 Å². The Morgan fingerprint density at radius 1 is 1.19 bits per heavy atom. The number of amides is 2. The van der Waals surface area contributed by atoms with Crippen LogP contribution in [0.5, 0.6) is 5.75 Å². The summed E-state index contributed by atoms with van der Waals surface area (Å²) in [5, 5.41) is 2.87. The second kappa shape index (κ2) is 8.68. The molecule has 1 N–H and O–H groups in total. The fourth-order valence-corrected chi connectivity index (χ4v) is 3.11. The summed E-state index contributed by atoms with van der Waals surface area (Å²) in [5.41, 5.74) is 2.56. The summed E-state index contributed by atoms with van der Waals surface area (Å²) in [4.78, 5) is 26.5. The quantitative estimate of drug-likeness (QED) is 0.851. The Kier molecular flexibility index (Phi) is 6.08. The molecular weight excluding hydrogens is 344 g/mol. The first kappa shape index (κ1) is 18.9. The van der Waals surface area contributed by atoms with Gasteiger partial charge in [-0.3, -0.25) is 9.59 Å². The standard InChI is InChI=1S/C21H24N2O4/c1-15(27-18-8-4-3-5-9-18)21(25)22-17-11-10-16-7-6-12-23(19(16)13-17)20(24)14-26-2/h3-5,8-11,13,15H,6-7,12,14H2,1-2H3,(H,22,25). The van der Waals surface area contributed by atoms with Crippen LogP contribution in [0.1, 0.15) is 18.9 Å². The average Bonchev–Trinajstić information content (AvgIpc) is 2.68. The van der Waals surface area contributed by atoms with Crippen LogP contribution >= 0.6 is 0 Å². The number of nitrogens with one attached hydrogen (secondary N) is 1. The monoisotopic (exact) mass is 368 g/mol. The molecule has 2 amide bonds. The number of aryl methyl sites for hydroxylation is 1. The van der Waals surface area contributed by atoms with E-state index < -0.39 is 6.10 Å². The summed E-state index contributed by atoms with van der Waals surface area (Å²) < 4.78 is 10.6. The molecule has 0 radical (unpaired) electrons. The summed E-state index contributed by atoms with van der Waals surface area (Å²) in [7, 11) is 1.51. The van der Waals surface area contributed by atoms with Crippen LogP contribution in [-0.2, 0) is 20.7 Å². The third-order valence-electron chi connectivity index (χ3n) is 4.47. The van der Waals surface area contributed by atoms with Gasteiger partial charge in [-0.25, -0.2) is 0 Å². The highest BCUT2D eigenvalue weighted by molar-refractivity contribution is 5.98. The molecule has 6 heteroatoms. The summed E-state index contributed by atoms with van der Waals surface area (Å²) in [6.07, 6.45) is 1.18. The summed E-state index contributed by atoms with van der Waals surface area (Å²) >= 11 is 0. The zero-order chi connectivity index (χ0) is 19.2. The van der Waals surface area contributed by atoms with E-state index in [9.17, 15) is 9.59 Å². The van der Waals surface area contributed by atoms with Crippen molar-refractivity contribution < 1.29 is 19.1 Å². The molecule has 1 aliphatic heterocycles. The molecule has 0 aromatic heterocycles. The average molecular weight is 368 g/mol. The van der Waals surface area contributed by atoms with Crippen molar-refractivity contribution in [3.63, 3.8) is 0 Å². The molecule has 27 heavy (non-hydrogen) atoms. The van der Waals surface area contributed by atoms with Gasteiger partial charge in [-0.05, 0) is 49.6 Å². The fourth-order valence-electron chi connectivity index (χ4n) is 3.11. The van der Waals surface area contributed by atoms with E-state index in [1.807, 2.05) is 48.5 Å². The van der Waals surface area contributed by atoms with E-state index in [1.165, 1.54) is 7.11 Å². The predicted octanol–water partition coefficient (Wildman–Crippen LogP) is 3.02. The topological polar surface area (TPSA) is 67.9 Å². The number of benzene rings is 2. The number of carbonyl (C=O) groups excluding carboxylic acids is 2. The van der Waals surface area contributed by atoms with Crippen molar-refractivity contribution in [2.24, 2.45) is 0 Å². The van der Waals surface area contributed by atoms with Crippen LogP contribution in [0.3, 0.4) is 0 Å². The molecule has 0 fully saturated rings.